The third-order valence-corrected chi connectivity index (χ3v) is 4.53. The first-order valence-corrected chi connectivity index (χ1v) is 9.80. The number of carbonyl (C=O) groups is 3. The summed E-state index contributed by atoms with van der Waals surface area (Å²) in [5, 5.41) is 0. The van der Waals surface area contributed by atoms with Crippen molar-refractivity contribution in [2.24, 2.45) is 5.73 Å². The van der Waals surface area contributed by atoms with E-state index < -0.39 is 24.4 Å². The topological polar surface area (TPSA) is 98.9 Å². The van der Waals surface area contributed by atoms with E-state index in [2.05, 4.69) is 13.8 Å². The summed E-state index contributed by atoms with van der Waals surface area (Å²) in [6, 6.07) is 14.5. The predicted octanol–water partition coefficient (Wildman–Crippen LogP) is 2.95. The van der Waals surface area contributed by atoms with Crippen molar-refractivity contribution >= 4 is 23.5 Å². The molecule has 30 heavy (non-hydrogen) atoms. The highest BCUT2D eigenvalue weighted by Gasteiger charge is 2.18. The molecule has 0 spiro atoms. The van der Waals surface area contributed by atoms with Crippen LogP contribution in [0.15, 0.2) is 48.5 Å². The standard InChI is InChI=1S/C23H28N2O5/c1-16(2)20-10-9-19(13-17(20)3)29-15-23(28)30-14-22(27)25(12-11-21(24)26)18-7-5-4-6-8-18/h4-10,13,16H,11-12,14-15H2,1-3H3,(H2,24,26). The van der Waals surface area contributed by atoms with Gasteiger partial charge < -0.3 is 20.1 Å². The van der Waals surface area contributed by atoms with Gasteiger partial charge in [-0.2, -0.15) is 0 Å². The predicted molar refractivity (Wildman–Crippen MR) is 114 cm³/mol. The van der Waals surface area contributed by atoms with E-state index in [0.29, 0.717) is 17.4 Å². The van der Waals surface area contributed by atoms with Crippen molar-refractivity contribution in [1.29, 1.82) is 0 Å². The van der Waals surface area contributed by atoms with Crippen molar-refractivity contribution in [3.8, 4) is 5.75 Å². The molecule has 0 fully saturated rings. The number of hydrogen-bond donors (Lipinski definition) is 1. The highest BCUT2D eigenvalue weighted by molar-refractivity contribution is 5.95. The summed E-state index contributed by atoms with van der Waals surface area (Å²) in [4.78, 5) is 37.0. The Kier molecular flexibility index (Phi) is 8.41. The Morgan fingerprint density at radius 2 is 1.73 bits per heavy atom. The summed E-state index contributed by atoms with van der Waals surface area (Å²) in [7, 11) is 0. The average Bonchev–Trinajstić information content (AvgIpc) is 2.71. The molecule has 0 unspecified atom stereocenters. The number of benzene rings is 2. The van der Waals surface area contributed by atoms with E-state index in [0.717, 1.165) is 5.56 Å². The molecule has 0 bridgehead atoms. The number of para-hydroxylation sites is 1. The quantitative estimate of drug-likeness (QED) is 0.605. The number of anilines is 1. The zero-order valence-electron chi connectivity index (χ0n) is 17.6. The molecule has 0 saturated heterocycles. The maximum atomic E-state index is 12.5. The molecule has 2 aromatic carbocycles. The van der Waals surface area contributed by atoms with E-state index in [1.807, 2.05) is 31.2 Å². The smallest absolute Gasteiger partial charge is 0.344 e. The Morgan fingerprint density at radius 3 is 2.33 bits per heavy atom. The zero-order valence-corrected chi connectivity index (χ0v) is 17.6. The largest absolute Gasteiger partial charge is 0.482 e. The van der Waals surface area contributed by atoms with Crippen molar-refractivity contribution in [1.82, 2.24) is 0 Å². The van der Waals surface area contributed by atoms with Gasteiger partial charge in [0.05, 0.1) is 0 Å². The van der Waals surface area contributed by atoms with Crippen molar-refractivity contribution < 1.29 is 23.9 Å². The fraction of sp³-hybridized carbons (Fsp3) is 0.348. The van der Waals surface area contributed by atoms with Gasteiger partial charge in [-0.1, -0.05) is 38.1 Å². The number of ether oxygens (including phenoxy) is 2. The lowest BCUT2D eigenvalue weighted by Crippen LogP contribution is -2.37. The highest BCUT2D eigenvalue weighted by Crippen LogP contribution is 2.23. The molecule has 7 nitrogen and oxygen atoms in total. The van der Waals surface area contributed by atoms with Gasteiger partial charge in [0.15, 0.2) is 13.2 Å². The summed E-state index contributed by atoms with van der Waals surface area (Å²) >= 11 is 0. The number of esters is 1. The number of primary amides is 1. The fourth-order valence-electron chi connectivity index (χ4n) is 3.02. The fourth-order valence-corrected chi connectivity index (χ4v) is 3.02. The normalized spacial score (nSPS) is 10.5. The molecule has 0 aromatic heterocycles. The molecule has 0 aliphatic carbocycles. The van der Waals surface area contributed by atoms with Crippen LogP contribution in [-0.4, -0.2) is 37.5 Å². The first-order valence-electron chi connectivity index (χ1n) is 9.80. The third-order valence-electron chi connectivity index (χ3n) is 4.53. The van der Waals surface area contributed by atoms with Crippen LogP contribution in [0.25, 0.3) is 0 Å². The van der Waals surface area contributed by atoms with Crippen LogP contribution in [0.3, 0.4) is 0 Å². The maximum Gasteiger partial charge on any atom is 0.344 e. The molecule has 0 aliphatic heterocycles. The lowest BCUT2D eigenvalue weighted by molar-refractivity contribution is -0.149. The lowest BCUT2D eigenvalue weighted by atomic mass is 9.98. The molecule has 0 atom stereocenters. The second-order valence-corrected chi connectivity index (χ2v) is 7.22. The van der Waals surface area contributed by atoms with Crippen LogP contribution < -0.4 is 15.4 Å². The lowest BCUT2D eigenvalue weighted by Gasteiger charge is -2.22. The van der Waals surface area contributed by atoms with E-state index in [-0.39, 0.29) is 19.6 Å². The Bertz CT molecular complexity index is 880. The molecule has 0 radical (unpaired) electrons. The van der Waals surface area contributed by atoms with Gasteiger partial charge in [0.25, 0.3) is 5.91 Å². The van der Waals surface area contributed by atoms with Gasteiger partial charge in [0, 0.05) is 18.7 Å². The van der Waals surface area contributed by atoms with Gasteiger partial charge >= 0.3 is 5.97 Å². The van der Waals surface area contributed by atoms with Gasteiger partial charge in [-0.05, 0) is 48.2 Å². The molecule has 2 N–H and O–H groups in total. The summed E-state index contributed by atoms with van der Waals surface area (Å²) in [5.74, 6) is -0.664. The van der Waals surface area contributed by atoms with E-state index in [4.69, 9.17) is 15.2 Å². The minimum atomic E-state index is -0.656. The maximum absolute atomic E-state index is 12.5. The Hall–Kier alpha value is -3.35. The molecule has 0 saturated carbocycles. The summed E-state index contributed by atoms with van der Waals surface area (Å²) < 4.78 is 10.5. The molecule has 0 aliphatic rings. The summed E-state index contributed by atoms with van der Waals surface area (Å²) in [6.45, 7) is 5.55. The van der Waals surface area contributed by atoms with Crippen molar-refractivity contribution in [2.75, 3.05) is 24.7 Å². The molecular weight excluding hydrogens is 384 g/mol. The minimum absolute atomic E-state index is 0.00339. The van der Waals surface area contributed by atoms with Crippen LogP contribution in [0.1, 0.15) is 37.3 Å². The molecule has 160 valence electrons. The van der Waals surface area contributed by atoms with E-state index in [1.54, 1.807) is 24.3 Å². The average molecular weight is 412 g/mol. The molecule has 2 aromatic rings. The Morgan fingerprint density at radius 1 is 1.03 bits per heavy atom. The number of nitrogens with zero attached hydrogens (tertiary/aromatic N) is 1. The number of rotatable bonds is 10. The Labute approximate surface area is 176 Å². The van der Waals surface area contributed by atoms with Crippen LogP contribution in [0.5, 0.6) is 5.75 Å². The van der Waals surface area contributed by atoms with E-state index in [9.17, 15) is 14.4 Å². The summed E-state index contributed by atoms with van der Waals surface area (Å²) in [5.41, 5.74) is 8.09. The monoisotopic (exact) mass is 412 g/mol. The molecule has 2 rings (SSSR count). The summed E-state index contributed by atoms with van der Waals surface area (Å²) in [6.07, 6.45) is 0.00339. The van der Waals surface area contributed by atoms with Crippen molar-refractivity contribution in [2.45, 2.75) is 33.1 Å². The van der Waals surface area contributed by atoms with Crippen LogP contribution >= 0.6 is 0 Å². The molecular formula is C23H28N2O5. The van der Waals surface area contributed by atoms with Crippen LogP contribution in [0.4, 0.5) is 5.69 Å². The van der Waals surface area contributed by atoms with Gasteiger partial charge in [0.1, 0.15) is 5.75 Å². The van der Waals surface area contributed by atoms with Crippen molar-refractivity contribution in [3.05, 3.63) is 59.7 Å². The Balaban J connectivity index is 1.89. The first kappa shape index (κ1) is 22.9. The minimum Gasteiger partial charge on any atom is -0.482 e. The van der Waals surface area contributed by atoms with Gasteiger partial charge in [-0.25, -0.2) is 4.79 Å². The molecule has 7 heteroatoms. The first-order chi connectivity index (χ1) is 14.3. The zero-order chi connectivity index (χ0) is 22.1. The van der Waals surface area contributed by atoms with Crippen LogP contribution in [0.2, 0.25) is 0 Å². The second-order valence-electron chi connectivity index (χ2n) is 7.22. The number of hydrogen-bond acceptors (Lipinski definition) is 5. The van der Waals surface area contributed by atoms with Crippen LogP contribution in [0, 0.1) is 6.92 Å². The van der Waals surface area contributed by atoms with Crippen molar-refractivity contribution in [3.63, 3.8) is 0 Å². The van der Waals surface area contributed by atoms with Gasteiger partial charge in [-0.15, -0.1) is 0 Å². The number of carbonyl (C=O) groups excluding carboxylic acids is 3. The van der Waals surface area contributed by atoms with E-state index in [1.165, 1.54) is 10.5 Å². The van der Waals surface area contributed by atoms with Gasteiger partial charge in [-0.3, -0.25) is 9.59 Å². The number of nitrogens with two attached hydrogens (primary N) is 1. The van der Waals surface area contributed by atoms with E-state index >= 15 is 0 Å². The highest BCUT2D eigenvalue weighted by atomic mass is 16.6. The molecule has 2 amide bonds. The van der Waals surface area contributed by atoms with Gasteiger partial charge in [0.2, 0.25) is 5.91 Å². The second kappa shape index (κ2) is 11.0. The number of aryl methyl sites for hydroxylation is 1. The third kappa shape index (κ3) is 6.92. The van der Waals surface area contributed by atoms with Crippen LogP contribution in [-0.2, 0) is 19.1 Å². The SMILES string of the molecule is Cc1cc(OCC(=O)OCC(=O)N(CCC(N)=O)c2ccccc2)ccc1C(C)C. The number of amides is 2. The molecule has 0 heterocycles.